The Hall–Kier alpha value is -2.57. The summed E-state index contributed by atoms with van der Waals surface area (Å²) in [5.74, 6) is 0.492. The van der Waals surface area contributed by atoms with Crippen LogP contribution in [-0.2, 0) is 10.0 Å². The Morgan fingerprint density at radius 3 is 2.36 bits per heavy atom. The standard InChI is InChI=1S/C20H17Cl2N7O2S2/c21-14-9-23-10-15(22)16(14)27-20-28-17-18(24-11-25-19(17)32-20)26-12-3-5-13(6-4-12)33(30,31)29-7-1-2-8-29/h3-6,9-11H,1-2,7-8H2,(H,23,27,28)(H,24,25,26). The van der Waals surface area contributed by atoms with Crippen LogP contribution >= 0.6 is 34.5 Å². The second-order valence-electron chi connectivity index (χ2n) is 7.26. The van der Waals surface area contributed by atoms with Crippen molar-refractivity contribution < 1.29 is 8.42 Å². The number of sulfonamides is 1. The van der Waals surface area contributed by atoms with Crippen molar-refractivity contribution in [2.24, 2.45) is 0 Å². The number of nitrogens with zero attached hydrogens (tertiary/aromatic N) is 5. The number of hydrogen-bond donors (Lipinski definition) is 2. The van der Waals surface area contributed by atoms with E-state index in [4.69, 9.17) is 23.2 Å². The van der Waals surface area contributed by atoms with Crippen LogP contribution in [0.2, 0.25) is 10.0 Å². The van der Waals surface area contributed by atoms with Crippen LogP contribution in [0, 0.1) is 0 Å². The van der Waals surface area contributed by atoms with Gasteiger partial charge in [0.05, 0.1) is 20.6 Å². The molecular weight excluding hydrogens is 505 g/mol. The van der Waals surface area contributed by atoms with E-state index in [1.165, 1.54) is 34.4 Å². The van der Waals surface area contributed by atoms with E-state index >= 15 is 0 Å². The Labute approximate surface area is 203 Å². The third kappa shape index (κ3) is 4.46. The number of benzene rings is 1. The van der Waals surface area contributed by atoms with Crippen molar-refractivity contribution in [2.45, 2.75) is 17.7 Å². The highest BCUT2D eigenvalue weighted by Crippen LogP contribution is 2.36. The van der Waals surface area contributed by atoms with Gasteiger partial charge < -0.3 is 10.6 Å². The summed E-state index contributed by atoms with van der Waals surface area (Å²) in [6, 6.07) is 6.60. The fourth-order valence-corrected chi connectivity index (χ4v) is 6.25. The van der Waals surface area contributed by atoms with E-state index in [1.54, 1.807) is 24.3 Å². The molecule has 0 radical (unpaired) electrons. The SMILES string of the molecule is O=S(=O)(c1ccc(Nc2ncnc3sc(Nc4c(Cl)cncc4Cl)nc23)cc1)N1CCCC1. The van der Waals surface area contributed by atoms with Crippen molar-refractivity contribution in [2.75, 3.05) is 23.7 Å². The first kappa shape index (κ1) is 22.2. The maximum absolute atomic E-state index is 12.7. The highest BCUT2D eigenvalue weighted by Gasteiger charge is 2.27. The molecule has 0 aliphatic carbocycles. The number of nitrogens with one attached hydrogen (secondary N) is 2. The lowest BCUT2D eigenvalue weighted by atomic mass is 10.3. The summed E-state index contributed by atoms with van der Waals surface area (Å²) in [6.45, 7) is 1.13. The van der Waals surface area contributed by atoms with Gasteiger partial charge in [-0.1, -0.05) is 34.5 Å². The fraction of sp³-hybridized carbons (Fsp3) is 0.200. The lowest BCUT2D eigenvalue weighted by molar-refractivity contribution is 0.477. The summed E-state index contributed by atoms with van der Waals surface area (Å²) < 4.78 is 27.0. The highest BCUT2D eigenvalue weighted by molar-refractivity contribution is 7.89. The number of pyridine rings is 1. The zero-order valence-electron chi connectivity index (χ0n) is 17.0. The number of thiazole rings is 1. The lowest BCUT2D eigenvalue weighted by Crippen LogP contribution is -2.27. The molecule has 170 valence electrons. The number of hydrogen-bond acceptors (Lipinski definition) is 9. The molecule has 1 aromatic carbocycles. The van der Waals surface area contributed by atoms with Gasteiger partial charge in [-0.15, -0.1) is 0 Å². The molecule has 0 unspecified atom stereocenters. The molecule has 1 saturated heterocycles. The Balaban J connectivity index is 1.39. The molecule has 0 atom stereocenters. The van der Waals surface area contributed by atoms with Crippen LogP contribution in [0.15, 0.2) is 47.9 Å². The summed E-state index contributed by atoms with van der Waals surface area (Å²) in [6.07, 6.45) is 6.21. The van der Waals surface area contributed by atoms with Crippen LogP contribution in [0.5, 0.6) is 0 Å². The first-order chi connectivity index (χ1) is 15.9. The molecule has 1 fully saturated rings. The molecule has 4 aromatic rings. The molecule has 9 nitrogen and oxygen atoms in total. The van der Waals surface area contributed by atoms with Gasteiger partial charge in [0.1, 0.15) is 11.8 Å². The Morgan fingerprint density at radius 1 is 0.970 bits per heavy atom. The molecule has 0 spiro atoms. The number of halogens is 2. The predicted octanol–water partition coefficient (Wildman–Crippen LogP) is 5.06. The van der Waals surface area contributed by atoms with E-state index in [9.17, 15) is 8.42 Å². The average molecular weight is 522 g/mol. The van der Waals surface area contributed by atoms with Crippen LogP contribution in [0.3, 0.4) is 0 Å². The van der Waals surface area contributed by atoms with Crippen LogP contribution in [-0.4, -0.2) is 45.7 Å². The van der Waals surface area contributed by atoms with Gasteiger partial charge in [-0.3, -0.25) is 4.98 Å². The van der Waals surface area contributed by atoms with Crippen LogP contribution in [0.4, 0.5) is 22.3 Å². The smallest absolute Gasteiger partial charge is 0.243 e. The molecule has 13 heteroatoms. The molecule has 0 saturated carbocycles. The number of aromatic nitrogens is 4. The quantitative estimate of drug-likeness (QED) is 0.361. The molecule has 2 N–H and O–H groups in total. The van der Waals surface area contributed by atoms with Gasteiger partial charge in [-0.2, -0.15) is 4.31 Å². The molecule has 0 bridgehead atoms. The third-order valence-electron chi connectivity index (χ3n) is 5.10. The van der Waals surface area contributed by atoms with Crippen molar-refractivity contribution in [1.82, 2.24) is 24.2 Å². The summed E-state index contributed by atoms with van der Waals surface area (Å²) in [4.78, 5) is 18.0. The normalized spacial score (nSPS) is 14.6. The van der Waals surface area contributed by atoms with Crippen molar-refractivity contribution in [3.63, 3.8) is 0 Å². The van der Waals surface area contributed by atoms with Gasteiger partial charge in [0.25, 0.3) is 0 Å². The molecule has 4 heterocycles. The number of anilines is 4. The minimum atomic E-state index is -3.46. The lowest BCUT2D eigenvalue weighted by Gasteiger charge is -2.15. The van der Waals surface area contributed by atoms with E-state index in [2.05, 4.69) is 30.6 Å². The second kappa shape index (κ2) is 8.99. The second-order valence-corrected chi connectivity index (χ2v) is 11.0. The van der Waals surface area contributed by atoms with Gasteiger partial charge >= 0.3 is 0 Å². The fourth-order valence-electron chi connectivity index (χ4n) is 3.46. The largest absolute Gasteiger partial charge is 0.338 e. The summed E-state index contributed by atoms with van der Waals surface area (Å²) in [7, 11) is -3.46. The van der Waals surface area contributed by atoms with Crippen molar-refractivity contribution in [3.8, 4) is 0 Å². The zero-order valence-corrected chi connectivity index (χ0v) is 20.1. The monoisotopic (exact) mass is 521 g/mol. The minimum absolute atomic E-state index is 0.272. The Bertz CT molecular complexity index is 1400. The molecule has 0 amide bonds. The maximum atomic E-state index is 12.7. The molecule has 1 aliphatic rings. The van der Waals surface area contributed by atoms with Gasteiger partial charge in [0, 0.05) is 31.2 Å². The Kier molecular flexibility index (Phi) is 6.06. The van der Waals surface area contributed by atoms with Crippen LogP contribution < -0.4 is 10.6 Å². The Morgan fingerprint density at radius 2 is 1.67 bits per heavy atom. The van der Waals surface area contributed by atoms with Gasteiger partial charge in [0.2, 0.25) is 10.0 Å². The van der Waals surface area contributed by atoms with Crippen molar-refractivity contribution in [3.05, 3.63) is 53.0 Å². The van der Waals surface area contributed by atoms with E-state index in [1.807, 2.05) is 0 Å². The molecular formula is C20H17Cl2N7O2S2. The predicted molar refractivity (Wildman–Crippen MR) is 130 cm³/mol. The van der Waals surface area contributed by atoms with Crippen molar-refractivity contribution >= 4 is 77.2 Å². The van der Waals surface area contributed by atoms with E-state index in [0.717, 1.165) is 12.8 Å². The third-order valence-corrected chi connectivity index (χ3v) is 8.47. The molecule has 3 aromatic heterocycles. The first-order valence-corrected chi connectivity index (χ1v) is 13.0. The van der Waals surface area contributed by atoms with Crippen LogP contribution in [0.1, 0.15) is 12.8 Å². The number of rotatable bonds is 6. The van der Waals surface area contributed by atoms with E-state index in [-0.39, 0.29) is 4.90 Å². The van der Waals surface area contributed by atoms with Crippen molar-refractivity contribution in [1.29, 1.82) is 0 Å². The van der Waals surface area contributed by atoms with E-state index < -0.39 is 10.0 Å². The van der Waals surface area contributed by atoms with Gasteiger partial charge in [-0.05, 0) is 37.1 Å². The summed E-state index contributed by atoms with van der Waals surface area (Å²) >= 11 is 13.7. The zero-order chi connectivity index (χ0) is 23.0. The molecule has 5 rings (SSSR count). The molecule has 33 heavy (non-hydrogen) atoms. The average Bonchev–Trinajstić information content (AvgIpc) is 3.48. The summed E-state index contributed by atoms with van der Waals surface area (Å²) in [5, 5.41) is 7.58. The number of fused-ring (bicyclic) bond motifs is 1. The van der Waals surface area contributed by atoms with Crippen LogP contribution in [0.25, 0.3) is 10.3 Å². The van der Waals surface area contributed by atoms with E-state index in [0.29, 0.717) is 55.8 Å². The minimum Gasteiger partial charge on any atom is -0.338 e. The molecule has 1 aliphatic heterocycles. The van der Waals surface area contributed by atoms with Gasteiger partial charge in [-0.25, -0.2) is 23.4 Å². The first-order valence-electron chi connectivity index (χ1n) is 9.96. The summed E-state index contributed by atoms with van der Waals surface area (Å²) in [5.41, 5.74) is 1.74. The van der Waals surface area contributed by atoms with Gasteiger partial charge in [0.15, 0.2) is 15.8 Å². The highest BCUT2D eigenvalue weighted by atomic mass is 35.5. The topological polar surface area (TPSA) is 113 Å². The maximum Gasteiger partial charge on any atom is 0.243 e.